The zero-order chi connectivity index (χ0) is 35.2. The van der Waals surface area contributed by atoms with Crippen molar-refractivity contribution >= 4 is 17.9 Å². The second-order valence-corrected chi connectivity index (χ2v) is 13.2. The number of esters is 3. The predicted molar refractivity (Wildman–Crippen MR) is 201 cm³/mol. The topological polar surface area (TPSA) is 78.9 Å². The average Bonchev–Trinajstić information content (AvgIpc) is 3.08. The van der Waals surface area contributed by atoms with Crippen LogP contribution in [0.25, 0.3) is 0 Å². The van der Waals surface area contributed by atoms with E-state index < -0.39 is 6.10 Å². The third-order valence-electron chi connectivity index (χ3n) is 8.41. The molecule has 0 fully saturated rings. The first-order valence-electron chi connectivity index (χ1n) is 20.0. The predicted octanol–water partition coefficient (Wildman–Crippen LogP) is 12.2. The van der Waals surface area contributed by atoms with E-state index in [4.69, 9.17) is 14.2 Å². The molecule has 0 amide bonds. The fourth-order valence-electron chi connectivity index (χ4n) is 5.40. The summed E-state index contributed by atoms with van der Waals surface area (Å²) in [5, 5.41) is 0. The Morgan fingerprint density at radius 2 is 0.812 bits per heavy atom. The zero-order valence-electron chi connectivity index (χ0n) is 31.5. The number of hydrogen-bond donors (Lipinski definition) is 0. The molecule has 0 saturated heterocycles. The minimum atomic E-state index is -0.773. The highest BCUT2D eigenvalue weighted by molar-refractivity contribution is 5.71. The number of rotatable bonds is 35. The summed E-state index contributed by atoms with van der Waals surface area (Å²) in [6.07, 6.45) is 40.1. The first-order valence-corrected chi connectivity index (χ1v) is 20.0. The van der Waals surface area contributed by atoms with E-state index in [1.165, 1.54) is 64.2 Å². The van der Waals surface area contributed by atoms with Gasteiger partial charge in [0, 0.05) is 19.3 Å². The second-order valence-electron chi connectivity index (χ2n) is 13.2. The molecule has 0 rings (SSSR count). The van der Waals surface area contributed by atoms with E-state index in [2.05, 4.69) is 57.2 Å². The second kappa shape index (κ2) is 37.4. The lowest BCUT2D eigenvalue weighted by Gasteiger charge is -2.18. The summed E-state index contributed by atoms with van der Waals surface area (Å²) >= 11 is 0. The lowest BCUT2D eigenvalue weighted by atomic mass is 10.0. The number of carbonyl (C=O) groups excluding carboxylic acids is 3. The first-order chi connectivity index (χ1) is 23.5. The number of carbonyl (C=O) groups is 3. The molecule has 1 atom stereocenters. The standard InChI is InChI=1S/C42H74O6/c1-4-7-10-13-15-17-19-21-23-24-26-29-32-35-41(44)47-38-39(37-46-40(43)34-31-28-12-9-6-3)48-42(45)36-33-30-27-25-22-20-18-16-14-11-8-5-2/h7,10,15,17,21,23,39H,4-6,8-9,11-14,16,18-20,22,24-38H2,1-3H3/b10-7-,17-15-,23-21-. The molecule has 0 aromatic heterocycles. The Hall–Kier alpha value is -2.37. The Labute approximate surface area is 295 Å². The number of hydrogen-bond acceptors (Lipinski definition) is 6. The zero-order valence-corrected chi connectivity index (χ0v) is 31.5. The van der Waals surface area contributed by atoms with Crippen LogP contribution >= 0.6 is 0 Å². The van der Waals surface area contributed by atoms with E-state index >= 15 is 0 Å². The van der Waals surface area contributed by atoms with Crippen LogP contribution in [0.5, 0.6) is 0 Å². The van der Waals surface area contributed by atoms with Crippen LogP contribution in [-0.4, -0.2) is 37.2 Å². The van der Waals surface area contributed by atoms with Gasteiger partial charge in [0.05, 0.1) is 0 Å². The molecule has 1 unspecified atom stereocenters. The first kappa shape index (κ1) is 45.6. The molecule has 0 radical (unpaired) electrons. The Bertz CT molecular complexity index is 830. The summed E-state index contributed by atoms with van der Waals surface area (Å²) in [6, 6.07) is 0. The highest BCUT2D eigenvalue weighted by Crippen LogP contribution is 2.14. The van der Waals surface area contributed by atoms with E-state index in [9.17, 15) is 14.4 Å². The Balaban J connectivity index is 4.32. The van der Waals surface area contributed by atoms with E-state index in [1.807, 2.05) is 0 Å². The van der Waals surface area contributed by atoms with Gasteiger partial charge in [-0.25, -0.2) is 0 Å². The molecule has 0 aromatic rings. The van der Waals surface area contributed by atoms with Gasteiger partial charge in [-0.15, -0.1) is 0 Å². The molecule has 0 N–H and O–H groups in total. The maximum atomic E-state index is 12.6. The van der Waals surface area contributed by atoms with Crippen LogP contribution in [0, 0.1) is 0 Å². The van der Waals surface area contributed by atoms with Crippen LogP contribution in [0.1, 0.15) is 194 Å². The molecular formula is C42H74O6. The highest BCUT2D eigenvalue weighted by atomic mass is 16.6. The highest BCUT2D eigenvalue weighted by Gasteiger charge is 2.19. The van der Waals surface area contributed by atoms with Gasteiger partial charge in [-0.1, -0.05) is 160 Å². The van der Waals surface area contributed by atoms with Gasteiger partial charge in [0.15, 0.2) is 6.10 Å². The van der Waals surface area contributed by atoms with Gasteiger partial charge in [-0.3, -0.25) is 14.4 Å². The monoisotopic (exact) mass is 675 g/mol. The summed E-state index contributed by atoms with van der Waals surface area (Å²) < 4.78 is 16.5. The van der Waals surface area contributed by atoms with E-state index in [0.717, 1.165) is 89.9 Å². The van der Waals surface area contributed by atoms with Crippen LogP contribution in [0.3, 0.4) is 0 Å². The summed E-state index contributed by atoms with van der Waals surface area (Å²) in [5.41, 5.74) is 0. The van der Waals surface area contributed by atoms with Crippen molar-refractivity contribution in [1.82, 2.24) is 0 Å². The summed E-state index contributed by atoms with van der Waals surface area (Å²) in [7, 11) is 0. The lowest BCUT2D eigenvalue weighted by Crippen LogP contribution is -2.30. The molecule has 48 heavy (non-hydrogen) atoms. The van der Waals surface area contributed by atoms with Gasteiger partial charge >= 0.3 is 17.9 Å². The van der Waals surface area contributed by atoms with E-state index in [1.54, 1.807) is 0 Å². The molecule has 0 aliphatic heterocycles. The Morgan fingerprint density at radius 1 is 0.438 bits per heavy atom. The summed E-state index contributed by atoms with van der Waals surface area (Å²) in [4.78, 5) is 37.3. The minimum absolute atomic E-state index is 0.0811. The number of allylic oxidation sites excluding steroid dienone is 6. The maximum Gasteiger partial charge on any atom is 0.306 e. The quantitative estimate of drug-likeness (QED) is 0.0288. The number of ether oxygens (including phenoxy) is 3. The summed E-state index contributed by atoms with van der Waals surface area (Å²) in [5.74, 6) is -0.929. The summed E-state index contributed by atoms with van der Waals surface area (Å²) in [6.45, 7) is 6.39. The van der Waals surface area contributed by atoms with Crippen LogP contribution in [0.15, 0.2) is 36.5 Å². The van der Waals surface area contributed by atoms with Crippen molar-refractivity contribution in [3.63, 3.8) is 0 Å². The molecule has 0 bridgehead atoms. The van der Waals surface area contributed by atoms with Gasteiger partial charge in [0.2, 0.25) is 0 Å². The van der Waals surface area contributed by atoms with Crippen molar-refractivity contribution in [2.45, 2.75) is 200 Å². The van der Waals surface area contributed by atoms with Gasteiger partial charge in [-0.05, 0) is 51.4 Å². The van der Waals surface area contributed by atoms with Crippen LogP contribution < -0.4 is 0 Å². The largest absolute Gasteiger partial charge is 0.462 e. The van der Waals surface area contributed by atoms with Crippen LogP contribution in [-0.2, 0) is 28.6 Å². The molecule has 0 aliphatic rings. The third kappa shape index (κ3) is 35.0. The van der Waals surface area contributed by atoms with E-state index in [-0.39, 0.29) is 31.1 Å². The van der Waals surface area contributed by atoms with Gasteiger partial charge in [-0.2, -0.15) is 0 Å². The van der Waals surface area contributed by atoms with Crippen molar-refractivity contribution in [2.75, 3.05) is 13.2 Å². The molecule has 0 aliphatic carbocycles. The van der Waals surface area contributed by atoms with E-state index in [0.29, 0.717) is 19.3 Å². The molecule has 278 valence electrons. The lowest BCUT2D eigenvalue weighted by molar-refractivity contribution is -0.167. The molecule has 6 heteroatoms. The fraction of sp³-hybridized carbons (Fsp3) is 0.786. The number of unbranched alkanes of at least 4 members (excludes halogenated alkanes) is 18. The van der Waals surface area contributed by atoms with Crippen molar-refractivity contribution < 1.29 is 28.6 Å². The molecule has 0 spiro atoms. The molecule has 0 saturated carbocycles. The smallest absolute Gasteiger partial charge is 0.306 e. The van der Waals surface area contributed by atoms with Gasteiger partial charge in [0.1, 0.15) is 13.2 Å². The van der Waals surface area contributed by atoms with Crippen molar-refractivity contribution in [2.24, 2.45) is 0 Å². The Kier molecular flexibility index (Phi) is 35.6. The van der Waals surface area contributed by atoms with Gasteiger partial charge in [0.25, 0.3) is 0 Å². The Morgan fingerprint density at radius 3 is 1.27 bits per heavy atom. The SMILES string of the molecule is CC/C=C\C/C=C\C/C=C\CCCCCC(=O)OCC(COC(=O)CCCCCCC)OC(=O)CCCCCCCCCCCCCC. The molecule has 6 nitrogen and oxygen atoms in total. The fourth-order valence-corrected chi connectivity index (χ4v) is 5.40. The van der Waals surface area contributed by atoms with Crippen molar-refractivity contribution in [3.8, 4) is 0 Å². The maximum absolute atomic E-state index is 12.6. The third-order valence-corrected chi connectivity index (χ3v) is 8.41. The van der Waals surface area contributed by atoms with Crippen LogP contribution in [0.4, 0.5) is 0 Å². The molecular weight excluding hydrogens is 600 g/mol. The van der Waals surface area contributed by atoms with Crippen molar-refractivity contribution in [1.29, 1.82) is 0 Å². The minimum Gasteiger partial charge on any atom is -0.462 e. The average molecular weight is 675 g/mol. The van der Waals surface area contributed by atoms with Gasteiger partial charge < -0.3 is 14.2 Å². The molecule has 0 aromatic carbocycles. The normalized spacial score (nSPS) is 12.3. The molecule has 0 heterocycles. The van der Waals surface area contributed by atoms with Crippen molar-refractivity contribution in [3.05, 3.63) is 36.5 Å². The van der Waals surface area contributed by atoms with Crippen LogP contribution in [0.2, 0.25) is 0 Å².